The van der Waals surface area contributed by atoms with Crippen molar-refractivity contribution < 1.29 is 43.7 Å². The molecule has 168 valence electrons. The van der Waals surface area contributed by atoms with Crippen LogP contribution in [0.1, 0.15) is 27.7 Å². The highest BCUT2D eigenvalue weighted by molar-refractivity contribution is 7.99. The van der Waals surface area contributed by atoms with Crippen LogP contribution < -0.4 is 5.73 Å². The van der Waals surface area contributed by atoms with Gasteiger partial charge in [0.1, 0.15) is 42.1 Å². The number of ether oxygens (including phenoxy) is 6. The van der Waals surface area contributed by atoms with E-state index in [1.165, 1.54) is 11.8 Å². The summed E-state index contributed by atoms with van der Waals surface area (Å²) in [5, 5.41) is 29.5. The SMILES string of the molecule is CC1(C)OC2C3OC(C)(C)O[C@H]3C(CS[C@@H]3OC(CO)[C@H](O)C(O)C3N)O[C@H]2O1. The van der Waals surface area contributed by atoms with Gasteiger partial charge in [-0.25, -0.2) is 0 Å². The van der Waals surface area contributed by atoms with Gasteiger partial charge in [-0.2, -0.15) is 0 Å². The molecule has 4 rings (SSSR count). The van der Waals surface area contributed by atoms with Crippen molar-refractivity contribution in [3.05, 3.63) is 0 Å². The molecular weight excluding hydrogens is 406 g/mol. The fourth-order valence-corrected chi connectivity index (χ4v) is 5.52. The molecule has 5 N–H and O–H groups in total. The van der Waals surface area contributed by atoms with Crippen molar-refractivity contribution in [3.63, 3.8) is 0 Å². The largest absolute Gasteiger partial charge is 0.394 e. The average molecular weight is 438 g/mol. The highest BCUT2D eigenvalue weighted by Gasteiger charge is 2.60. The minimum Gasteiger partial charge on any atom is -0.394 e. The third-order valence-corrected chi connectivity index (χ3v) is 6.88. The van der Waals surface area contributed by atoms with Crippen molar-refractivity contribution >= 4 is 11.8 Å². The standard InChI is InChI=1S/C18H31NO9S/c1-17(2)25-12-8(23-15-14(13(12)26-17)27-18(3,4)28-15)6-29-16-9(19)11(22)10(21)7(5-20)24-16/h7-16,20-22H,5-6,19H2,1-4H3/t7?,8?,9?,10-,11?,12-,13?,14?,15-,16-/m0/s1. The summed E-state index contributed by atoms with van der Waals surface area (Å²) in [5.41, 5.74) is 5.41. The normalized spacial score (nSPS) is 50.9. The lowest BCUT2D eigenvalue weighted by Crippen LogP contribution is -2.61. The maximum absolute atomic E-state index is 10.2. The molecule has 0 saturated carbocycles. The fraction of sp³-hybridized carbons (Fsp3) is 1.00. The molecule has 0 aromatic rings. The third-order valence-electron chi connectivity index (χ3n) is 5.60. The van der Waals surface area contributed by atoms with Crippen LogP contribution in [0.2, 0.25) is 0 Å². The van der Waals surface area contributed by atoms with Crippen molar-refractivity contribution in [1.29, 1.82) is 0 Å². The maximum Gasteiger partial charge on any atom is 0.190 e. The minimum atomic E-state index is -1.23. The summed E-state index contributed by atoms with van der Waals surface area (Å²) in [6, 6.07) is -0.813. The van der Waals surface area contributed by atoms with Crippen LogP contribution in [0.5, 0.6) is 0 Å². The second-order valence-electron chi connectivity index (χ2n) is 8.83. The number of thioether (sulfide) groups is 1. The van der Waals surface area contributed by atoms with E-state index in [0.29, 0.717) is 5.75 Å². The second-order valence-corrected chi connectivity index (χ2v) is 9.96. The quantitative estimate of drug-likeness (QED) is 0.425. The molecule has 0 radical (unpaired) electrons. The summed E-state index contributed by atoms with van der Waals surface area (Å²) >= 11 is 1.33. The lowest BCUT2D eigenvalue weighted by Gasteiger charge is -2.42. The Morgan fingerprint density at radius 3 is 2.14 bits per heavy atom. The Kier molecular flexibility index (Phi) is 5.97. The van der Waals surface area contributed by atoms with E-state index < -0.39 is 66.5 Å². The van der Waals surface area contributed by atoms with Gasteiger partial charge >= 0.3 is 0 Å². The molecule has 0 amide bonds. The lowest BCUT2D eigenvalue weighted by molar-refractivity contribution is -0.228. The van der Waals surface area contributed by atoms with E-state index in [0.717, 1.165) is 0 Å². The summed E-state index contributed by atoms with van der Waals surface area (Å²) in [5.74, 6) is -1.15. The Hall–Kier alpha value is -0.0500. The Morgan fingerprint density at radius 1 is 0.828 bits per heavy atom. The Morgan fingerprint density at radius 2 is 1.45 bits per heavy atom. The summed E-state index contributed by atoms with van der Waals surface area (Å²) in [4.78, 5) is 0. The zero-order chi connectivity index (χ0) is 21.1. The van der Waals surface area contributed by atoms with Crippen LogP contribution >= 0.6 is 11.8 Å². The number of aliphatic hydroxyl groups excluding tert-OH is 3. The van der Waals surface area contributed by atoms with Crippen LogP contribution in [0.3, 0.4) is 0 Å². The molecule has 4 aliphatic heterocycles. The molecule has 4 fully saturated rings. The topological polar surface area (TPSA) is 142 Å². The number of hydrogen-bond donors (Lipinski definition) is 4. The average Bonchev–Trinajstić information content (AvgIpc) is 3.13. The number of nitrogens with two attached hydrogens (primary N) is 1. The molecule has 0 aromatic heterocycles. The minimum absolute atomic E-state index is 0.352. The van der Waals surface area contributed by atoms with Crippen LogP contribution in [0.4, 0.5) is 0 Å². The van der Waals surface area contributed by atoms with Gasteiger partial charge in [-0.1, -0.05) is 0 Å². The van der Waals surface area contributed by atoms with Crippen molar-refractivity contribution in [3.8, 4) is 0 Å². The molecular formula is C18H31NO9S. The molecule has 4 aliphatic rings. The predicted octanol–water partition coefficient (Wildman–Crippen LogP) is -1.12. The van der Waals surface area contributed by atoms with Crippen molar-refractivity contribution in [1.82, 2.24) is 0 Å². The van der Waals surface area contributed by atoms with E-state index in [1.54, 1.807) is 0 Å². The number of fused-ring (bicyclic) bond motifs is 3. The molecule has 4 saturated heterocycles. The van der Waals surface area contributed by atoms with Crippen molar-refractivity contribution in [2.45, 2.75) is 99.8 Å². The first-order chi connectivity index (χ1) is 13.5. The molecule has 0 aliphatic carbocycles. The van der Waals surface area contributed by atoms with E-state index in [-0.39, 0.29) is 12.2 Å². The van der Waals surface area contributed by atoms with Crippen molar-refractivity contribution in [2.75, 3.05) is 12.4 Å². The zero-order valence-corrected chi connectivity index (χ0v) is 17.8. The van der Waals surface area contributed by atoms with Gasteiger partial charge in [0.2, 0.25) is 0 Å². The smallest absolute Gasteiger partial charge is 0.190 e. The monoisotopic (exact) mass is 437 g/mol. The Labute approximate surface area is 173 Å². The highest BCUT2D eigenvalue weighted by Crippen LogP contribution is 2.45. The molecule has 10 nitrogen and oxygen atoms in total. The van der Waals surface area contributed by atoms with Gasteiger partial charge < -0.3 is 49.5 Å². The van der Waals surface area contributed by atoms with E-state index in [1.807, 2.05) is 27.7 Å². The molecule has 29 heavy (non-hydrogen) atoms. The molecule has 6 unspecified atom stereocenters. The summed E-state index contributed by atoms with van der Waals surface area (Å²) in [7, 11) is 0. The van der Waals surface area contributed by atoms with Gasteiger partial charge in [-0.15, -0.1) is 11.8 Å². The van der Waals surface area contributed by atoms with Crippen molar-refractivity contribution in [2.24, 2.45) is 5.73 Å². The number of rotatable bonds is 4. The molecule has 4 heterocycles. The van der Waals surface area contributed by atoms with Gasteiger partial charge in [0.05, 0.1) is 18.8 Å². The molecule has 0 aromatic carbocycles. The summed E-state index contributed by atoms with van der Waals surface area (Å²) < 4.78 is 35.9. The van der Waals surface area contributed by atoms with E-state index >= 15 is 0 Å². The van der Waals surface area contributed by atoms with Crippen LogP contribution in [0.15, 0.2) is 0 Å². The predicted molar refractivity (Wildman–Crippen MR) is 101 cm³/mol. The maximum atomic E-state index is 10.2. The summed E-state index contributed by atoms with van der Waals surface area (Å²) in [6.07, 6.45) is -5.44. The first-order valence-electron chi connectivity index (χ1n) is 9.88. The Balaban J connectivity index is 1.45. The van der Waals surface area contributed by atoms with Gasteiger partial charge in [0.25, 0.3) is 0 Å². The first kappa shape index (κ1) is 22.2. The molecule has 0 spiro atoms. The van der Waals surface area contributed by atoms with Gasteiger partial charge in [0, 0.05) is 5.75 Å². The lowest BCUT2D eigenvalue weighted by atomic mass is 9.99. The number of aliphatic hydroxyl groups is 3. The van der Waals surface area contributed by atoms with Crippen LogP contribution in [0.25, 0.3) is 0 Å². The van der Waals surface area contributed by atoms with Crippen LogP contribution in [-0.2, 0) is 28.4 Å². The highest BCUT2D eigenvalue weighted by atomic mass is 32.2. The number of hydrogen-bond acceptors (Lipinski definition) is 11. The molecule has 0 bridgehead atoms. The fourth-order valence-electron chi connectivity index (χ4n) is 4.27. The van der Waals surface area contributed by atoms with Gasteiger partial charge in [-0.05, 0) is 27.7 Å². The summed E-state index contributed by atoms with van der Waals surface area (Å²) in [6.45, 7) is 6.92. The first-order valence-corrected chi connectivity index (χ1v) is 10.9. The molecule has 11 heteroatoms. The van der Waals surface area contributed by atoms with E-state index in [4.69, 9.17) is 34.2 Å². The van der Waals surface area contributed by atoms with Crippen LogP contribution in [0, 0.1) is 0 Å². The van der Waals surface area contributed by atoms with Gasteiger partial charge in [0.15, 0.2) is 17.9 Å². The van der Waals surface area contributed by atoms with Crippen LogP contribution in [-0.4, -0.2) is 99.7 Å². The third kappa shape index (κ3) is 4.20. The van der Waals surface area contributed by atoms with Gasteiger partial charge in [-0.3, -0.25) is 0 Å². The Bertz CT molecular complexity index is 606. The van der Waals surface area contributed by atoms with E-state index in [2.05, 4.69) is 0 Å². The second kappa shape index (κ2) is 7.82. The zero-order valence-electron chi connectivity index (χ0n) is 17.0. The van der Waals surface area contributed by atoms with E-state index in [9.17, 15) is 15.3 Å². The molecule has 10 atom stereocenters.